The van der Waals surface area contributed by atoms with Crippen molar-refractivity contribution in [3.8, 4) is 0 Å². The zero-order chi connectivity index (χ0) is 6.69. The molecule has 9 heavy (non-hydrogen) atoms. The highest BCUT2D eigenvalue weighted by Gasteiger charge is 2.17. The number of rotatable bonds is 1. The lowest BCUT2D eigenvalue weighted by atomic mass is 9.97. The van der Waals surface area contributed by atoms with Gasteiger partial charge in [0.05, 0.1) is 6.10 Å². The summed E-state index contributed by atoms with van der Waals surface area (Å²) in [4.78, 5) is 0. The normalized spacial score (nSPS) is 36.1. The van der Waals surface area contributed by atoms with E-state index in [1.54, 1.807) is 0 Å². The molecule has 1 fully saturated rings. The van der Waals surface area contributed by atoms with Crippen LogP contribution in [0.25, 0.3) is 0 Å². The second kappa shape index (κ2) is 3.02. The molecular weight excluding hydrogens is 112 g/mol. The maximum atomic E-state index is 5.42. The van der Waals surface area contributed by atoms with E-state index in [9.17, 15) is 0 Å². The van der Waals surface area contributed by atoms with E-state index in [4.69, 9.17) is 4.74 Å². The zero-order valence-corrected chi connectivity index (χ0v) is 5.97. The minimum atomic E-state index is 0.318. The maximum absolute atomic E-state index is 5.42. The Morgan fingerprint density at radius 3 is 2.89 bits per heavy atom. The summed E-state index contributed by atoms with van der Waals surface area (Å²) in [6.07, 6.45) is 4.73. The first-order valence-electron chi connectivity index (χ1n) is 3.58. The van der Waals surface area contributed by atoms with E-state index in [1.807, 2.05) is 6.08 Å². The first-order chi connectivity index (χ1) is 4.34. The zero-order valence-electron chi connectivity index (χ0n) is 5.97. The first-order valence-corrected chi connectivity index (χ1v) is 3.58. The molecule has 0 aromatic carbocycles. The lowest BCUT2D eigenvalue weighted by Crippen LogP contribution is -2.24. The third-order valence-corrected chi connectivity index (χ3v) is 1.91. The molecule has 0 radical (unpaired) electrons. The minimum absolute atomic E-state index is 0.318. The van der Waals surface area contributed by atoms with Crippen LogP contribution >= 0.6 is 0 Å². The summed E-state index contributed by atoms with van der Waals surface area (Å²) in [6.45, 7) is 6.84. The predicted molar refractivity (Wildman–Crippen MR) is 38.3 cm³/mol. The van der Waals surface area contributed by atoms with Gasteiger partial charge in [0, 0.05) is 6.61 Å². The van der Waals surface area contributed by atoms with Gasteiger partial charge in [-0.2, -0.15) is 0 Å². The smallest absolute Gasteiger partial charge is 0.0778 e. The molecule has 0 saturated carbocycles. The average Bonchev–Trinajstić information content (AvgIpc) is 1.89. The molecule has 1 nitrogen and oxygen atoms in total. The number of hydrogen-bond acceptors (Lipinski definition) is 1. The Balaban J connectivity index is 2.38. The molecule has 2 atom stereocenters. The van der Waals surface area contributed by atoms with Gasteiger partial charge in [-0.25, -0.2) is 0 Å². The summed E-state index contributed by atoms with van der Waals surface area (Å²) < 4.78 is 5.42. The van der Waals surface area contributed by atoms with Crippen LogP contribution in [0.5, 0.6) is 0 Å². The molecule has 1 aliphatic heterocycles. The van der Waals surface area contributed by atoms with Crippen LogP contribution in [0.4, 0.5) is 0 Å². The third kappa shape index (κ3) is 1.55. The van der Waals surface area contributed by atoms with Crippen molar-refractivity contribution in [1.29, 1.82) is 0 Å². The van der Waals surface area contributed by atoms with Gasteiger partial charge in [0.15, 0.2) is 0 Å². The van der Waals surface area contributed by atoms with E-state index >= 15 is 0 Å². The molecule has 0 bridgehead atoms. The molecule has 1 heterocycles. The molecule has 0 N–H and O–H groups in total. The van der Waals surface area contributed by atoms with Crippen LogP contribution in [0.15, 0.2) is 12.7 Å². The largest absolute Gasteiger partial charge is 0.374 e. The van der Waals surface area contributed by atoms with Crippen LogP contribution in [0.1, 0.15) is 19.8 Å². The van der Waals surface area contributed by atoms with Crippen molar-refractivity contribution in [3.63, 3.8) is 0 Å². The molecular formula is C8H14O. The van der Waals surface area contributed by atoms with Crippen LogP contribution in [-0.4, -0.2) is 12.7 Å². The van der Waals surface area contributed by atoms with E-state index in [1.165, 1.54) is 12.8 Å². The third-order valence-electron chi connectivity index (χ3n) is 1.91. The Morgan fingerprint density at radius 1 is 1.67 bits per heavy atom. The van der Waals surface area contributed by atoms with Crippen LogP contribution in [0, 0.1) is 5.92 Å². The monoisotopic (exact) mass is 126 g/mol. The van der Waals surface area contributed by atoms with Crippen LogP contribution in [0.3, 0.4) is 0 Å². The van der Waals surface area contributed by atoms with E-state index in [0.29, 0.717) is 12.0 Å². The molecule has 1 heteroatoms. The Hall–Kier alpha value is -0.300. The summed E-state index contributed by atoms with van der Waals surface area (Å²) in [5.41, 5.74) is 0. The standard InChI is InChI=1S/C8H14O/c1-3-8-7(2)5-4-6-9-8/h3,7-8H,1,4-6H2,2H3. The van der Waals surface area contributed by atoms with Gasteiger partial charge < -0.3 is 4.74 Å². The number of ether oxygens (including phenoxy) is 1. The molecule has 0 amide bonds. The molecule has 1 saturated heterocycles. The summed E-state index contributed by atoms with van der Waals surface area (Å²) >= 11 is 0. The second-order valence-electron chi connectivity index (χ2n) is 2.69. The fourth-order valence-corrected chi connectivity index (χ4v) is 1.25. The molecule has 52 valence electrons. The Kier molecular flexibility index (Phi) is 2.29. The maximum Gasteiger partial charge on any atom is 0.0778 e. The second-order valence-corrected chi connectivity index (χ2v) is 2.69. The molecule has 1 aliphatic rings. The average molecular weight is 126 g/mol. The van der Waals surface area contributed by atoms with Crippen LogP contribution < -0.4 is 0 Å². The van der Waals surface area contributed by atoms with Gasteiger partial charge in [-0.15, -0.1) is 6.58 Å². The van der Waals surface area contributed by atoms with E-state index < -0.39 is 0 Å². The summed E-state index contributed by atoms with van der Waals surface area (Å²) in [5, 5.41) is 0. The van der Waals surface area contributed by atoms with Gasteiger partial charge in [-0.05, 0) is 18.8 Å². The van der Waals surface area contributed by atoms with E-state index in [0.717, 1.165) is 6.61 Å². The summed E-state index contributed by atoms with van der Waals surface area (Å²) in [7, 11) is 0. The van der Waals surface area contributed by atoms with Crippen molar-refractivity contribution in [1.82, 2.24) is 0 Å². The van der Waals surface area contributed by atoms with E-state index in [2.05, 4.69) is 13.5 Å². The van der Waals surface area contributed by atoms with Crippen molar-refractivity contribution >= 4 is 0 Å². The minimum Gasteiger partial charge on any atom is -0.374 e. The van der Waals surface area contributed by atoms with E-state index in [-0.39, 0.29) is 0 Å². The Morgan fingerprint density at radius 2 is 2.44 bits per heavy atom. The van der Waals surface area contributed by atoms with Gasteiger partial charge >= 0.3 is 0 Å². The highest BCUT2D eigenvalue weighted by atomic mass is 16.5. The quantitative estimate of drug-likeness (QED) is 0.488. The van der Waals surface area contributed by atoms with Crippen molar-refractivity contribution in [3.05, 3.63) is 12.7 Å². The van der Waals surface area contributed by atoms with Gasteiger partial charge in [-0.1, -0.05) is 13.0 Å². The highest BCUT2D eigenvalue weighted by Crippen LogP contribution is 2.19. The fraction of sp³-hybridized carbons (Fsp3) is 0.750. The van der Waals surface area contributed by atoms with Crippen molar-refractivity contribution in [2.75, 3.05) is 6.61 Å². The lowest BCUT2D eigenvalue weighted by molar-refractivity contribution is 0.0105. The fourth-order valence-electron chi connectivity index (χ4n) is 1.25. The van der Waals surface area contributed by atoms with Crippen molar-refractivity contribution in [2.24, 2.45) is 5.92 Å². The Labute approximate surface area is 56.7 Å². The molecule has 0 aliphatic carbocycles. The predicted octanol–water partition coefficient (Wildman–Crippen LogP) is 1.99. The highest BCUT2D eigenvalue weighted by molar-refractivity contribution is 4.85. The van der Waals surface area contributed by atoms with Gasteiger partial charge in [0.25, 0.3) is 0 Å². The van der Waals surface area contributed by atoms with Gasteiger partial charge in [0.1, 0.15) is 0 Å². The first kappa shape index (κ1) is 6.81. The molecule has 1 rings (SSSR count). The Bertz CT molecular complexity index is 98.7. The summed E-state index contributed by atoms with van der Waals surface area (Å²) in [6, 6.07) is 0. The SMILES string of the molecule is C=CC1OCCCC1C. The molecule has 0 aromatic heterocycles. The van der Waals surface area contributed by atoms with Crippen LogP contribution in [0.2, 0.25) is 0 Å². The van der Waals surface area contributed by atoms with Crippen molar-refractivity contribution in [2.45, 2.75) is 25.9 Å². The lowest BCUT2D eigenvalue weighted by Gasteiger charge is -2.26. The molecule has 0 aromatic rings. The van der Waals surface area contributed by atoms with Crippen LogP contribution in [-0.2, 0) is 4.74 Å². The molecule has 0 spiro atoms. The summed E-state index contributed by atoms with van der Waals surface area (Å²) in [5.74, 6) is 0.677. The van der Waals surface area contributed by atoms with Gasteiger partial charge in [-0.3, -0.25) is 0 Å². The molecule has 2 unspecified atom stereocenters. The van der Waals surface area contributed by atoms with Gasteiger partial charge in [0.2, 0.25) is 0 Å². The topological polar surface area (TPSA) is 9.23 Å². The van der Waals surface area contributed by atoms with Crippen molar-refractivity contribution < 1.29 is 4.74 Å². The number of hydrogen-bond donors (Lipinski definition) is 0.